The molecule has 1 saturated carbocycles. The first kappa shape index (κ1) is 24.2. The van der Waals surface area contributed by atoms with Gasteiger partial charge in [0, 0.05) is 13.1 Å². The van der Waals surface area contributed by atoms with Crippen molar-refractivity contribution in [3.05, 3.63) is 95.1 Å². The molecule has 0 saturated heterocycles. The second-order valence-electron chi connectivity index (χ2n) is 13.3. The van der Waals surface area contributed by atoms with Gasteiger partial charge in [-0.05, 0) is 103 Å². The molecule has 1 nitrogen and oxygen atoms in total. The van der Waals surface area contributed by atoms with Crippen LogP contribution >= 0.6 is 0 Å². The molecule has 0 heterocycles. The van der Waals surface area contributed by atoms with Gasteiger partial charge in [0.1, 0.15) is 0 Å². The van der Waals surface area contributed by atoms with Crippen molar-refractivity contribution in [3.63, 3.8) is 0 Å². The summed E-state index contributed by atoms with van der Waals surface area (Å²) < 4.78 is 0. The van der Waals surface area contributed by atoms with Crippen LogP contribution in [0.3, 0.4) is 0 Å². The van der Waals surface area contributed by atoms with Crippen molar-refractivity contribution < 1.29 is 0 Å². The van der Waals surface area contributed by atoms with Crippen molar-refractivity contribution in [2.45, 2.75) is 77.7 Å². The molecular formula is C37H41N. The molecule has 5 aromatic carbocycles. The molecule has 2 aliphatic rings. The first-order chi connectivity index (χ1) is 18.4. The van der Waals surface area contributed by atoms with E-state index in [1.807, 2.05) is 0 Å². The maximum Gasteiger partial charge on any atom is 0.0211 e. The van der Waals surface area contributed by atoms with Crippen LogP contribution in [0, 0.1) is 11.3 Å². The Labute approximate surface area is 228 Å². The van der Waals surface area contributed by atoms with Gasteiger partial charge in [0.05, 0.1) is 0 Å². The van der Waals surface area contributed by atoms with Gasteiger partial charge in [0.2, 0.25) is 0 Å². The van der Waals surface area contributed by atoms with Crippen LogP contribution in [0.5, 0.6) is 0 Å². The van der Waals surface area contributed by atoms with E-state index in [1.165, 1.54) is 75.5 Å². The highest BCUT2D eigenvalue weighted by Gasteiger charge is 2.51. The Bertz CT molecular complexity index is 1630. The van der Waals surface area contributed by atoms with Gasteiger partial charge in [-0.1, -0.05) is 107 Å². The standard InChI is InChI=1S/C37H41N/c1-24(2)28-14-17-32-29(21-28)15-18-33-36(3,19-6-20-37(32,33)4)23-38-22-30-12-11-27-10-9-25-7-5-8-26-13-16-31(30)35(27)34(25)26/h5,7-14,16-17,21,24,33,38H,6,15,18-20,22-23H2,1-4H3/t33-,36-,37+/m0/s1. The number of hydrogen-bond acceptors (Lipinski definition) is 1. The van der Waals surface area contributed by atoms with Crippen LogP contribution in [0.2, 0.25) is 0 Å². The van der Waals surface area contributed by atoms with Gasteiger partial charge in [-0.15, -0.1) is 0 Å². The van der Waals surface area contributed by atoms with E-state index < -0.39 is 0 Å². The molecule has 0 spiro atoms. The largest absolute Gasteiger partial charge is 0.312 e. The summed E-state index contributed by atoms with van der Waals surface area (Å²) in [5.41, 5.74) is 6.82. The zero-order valence-electron chi connectivity index (χ0n) is 23.5. The number of nitrogens with one attached hydrogen (secondary N) is 1. The lowest BCUT2D eigenvalue weighted by molar-refractivity contribution is 0.0257. The Morgan fingerprint density at radius 2 is 1.58 bits per heavy atom. The summed E-state index contributed by atoms with van der Waals surface area (Å²) >= 11 is 0. The zero-order chi connectivity index (χ0) is 26.1. The van der Waals surface area contributed by atoms with Crippen LogP contribution in [-0.2, 0) is 18.4 Å². The summed E-state index contributed by atoms with van der Waals surface area (Å²) in [5, 5.41) is 12.3. The van der Waals surface area contributed by atoms with Crippen LogP contribution < -0.4 is 5.32 Å². The maximum absolute atomic E-state index is 3.98. The Hall–Kier alpha value is -2.90. The van der Waals surface area contributed by atoms with Crippen molar-refractivity contribution in [1.29, 1.82) is 0 Å². The molecule has 3 atom stereocenters. The maximum atomic E-state index is 3.98. The van der Waals surface area contributed by atoms with Gasteiger partial charge < -0.3 is 5.32 Å². The van der Waals surface area contributed by atoms with E-state index in [-0.39, 0.29) is 0 Å². The highest BCUT2D eigenvalue weighted by Crippen LogP contribution is 2.57. The average molecular weight is 500 g/mol. The Balaban J connectivity index is 1.16. The molecule has 0 bridgehead atoms. The second kappa shape index (κ2) is 8.82. The van der Waals surface area contributed by atoms with Crippen LogP contribution in [0.4, 0.5) is 0 Å². The third kappa shape index (κ3) is 3.62. The van der Waals surface area contributed by atoms with E-state index in [1.54, 1.807) is 11.1 Å². The minimum atomic E-state index is 0.296. The summed E-state index contributed by atoms with van der Waals surface area (Å²) in [7, 11) is 0. The SMILES string of the molecule is CC(C)c1ccc2c(c1)CC[C@H]1[C@](C)(CNCc3ccc4ccc5cccc6ccc3c4c56)CCC[C@]21C. The van der Waals surface area contributed by atoms with Gasteiger partial charge in [-0.3, -0.25) is 0 Å². The smallest absolute Gasteiger partial charge is 0.0211 e. The van der Waals surface area contributed by atoms with Gasteiger partial charge in [0.15, 0.2) is 0 Å². The highest BCUT2D eigenvalue weighted by atomic mass is 14.9. The quantitative estimate of drug-likeness (QED) is 0.237. The van der Waals surface area contributed by atoms with Crippen molar-refractivity contribution in [2.75, 3.05) is 6.54 Å². The van der Waals surface area contributed by atoms with E-state index in [4.69, 9.17) is 0 Å². The molecule has 0 aliphatic heterocycles. The van der Waals surface area contributed by atoms with E-state index in [0.717, 1.165) is 19.0 Å². The predicted octanol–water partition coefficient (Wildman–Crippen LogP) is 9.51. The molecule has 5 aromatic rings. The van der Waals surface area contributed by atoms with E-state index in [0.29, 0.717) is 16.7 Å². The molecule has 194 valence electrons. The number of hydrogen-bond donors (Lipinski definition) is 1. The number of benzene rings is 5. The fourth-order valence-electron chi connectivity index (χ4n) is 8.65. The Morgan fingerprint density at radius 3 is 2.37 bits per heavy atom. The van der Waals surface area contributed by atoms with Gasteiger partial charge >= 0.3 is 0 Å². The summed E-state index contributed by atoms with van der Waals surface area (Å²) in [5.74, 6) is 1.33. The minimum Gasteiger partial charge on any atom is -0.312 e. The molecule has 7 rings (SSSR count). The second-order valence-corrected chi connectivity index (χ2v) is 13.3. The number of fused-ring (bicyclic) bond motifs is 3. The fraction of sp³-hybridized carbons (Fsp3) is 0.405. The molecular weight excluding hydrogens is 458 g/mol. The monoisotopic (exact) mass is 499 g/mol. The van der Waals surface area contributed by atoms with Gasteiger partial charge in [-0.25, -0.2) is 0 Å². The normalized spacial score (nSPS) is 25.3. The number of aryl methyl sites for hydroxylation is 1. The minimum absolute atomic E-state index is 0.296. The molecule has 1 N–H and O–H groups in total. The third-order valence-electron chi connectivity index (χ3n) is 10.6. The lowest BCUT2D eigenvalue weighted by Gasteiger charge is -2.55. The third-order valence-corrected chi connectivity index (χ3v) is 10.6. The summed E-state index contributed by atoms with van der Waals surface area (Å²) in [6.45, 7) is 11.8. The van der Waals surface area contributed by atoms with Crippen LogP contribution in [0.25, 0.3) is 32.3 Å². The topological polar surface area (TPSA) is 12.0 Å². The molecule has 0 radical (unpaired) electrons. The lowest BCUT2D eigenvalue weighted by atomic mass is 9.49. The van der Waals surface area contributed by atoms with Crippen molar-refractivity contribution in [1.82, 2.24) is 5.32 Å². The molecule has 0 aromatic heterocycles. The van der Waals surface area contributed by atoms with Gasteiger partial charge in [0.25, 0.3) is 0 Å². The molecule has 1 fully saturated rings. The average Bonchev–Trinajstić information content (AvgIpc) is 2.92. The van der Waals surface area contributed by atoms with Crippen LogP contribution in [0.1, 0.15) is 81.5 Å². The summed E-state index contributed by atoms with van der Waals surface area (Å²) in [6, 6.07) is 28.0. The van der Waals surface area contributed by atoms with E-state index in [9.17, 15) is 0 Å². The summed E-state index contributed by atoms with van der Waals surface area (Å²) in [6.07, 6.45) is 6.55. The Kier molecular flexibility index (Phi) is 5.61. The van der Waals surface area contributed by atoms with E-state index in [2.05, 4.69) is 106 Å². The first-order valence-corrected chi connectivity index (χ1v) is 14.9. The van der Waals surface area contributed by atoms with Crippen LogP contribution in [0.15, 0.2) is 72.8 Å². The molecule has 1 heteroatoms. The molecule has 0 unspecified atom stereocenters. The molecule has 0 amide bonds. The van der Waals surface area contributed by atoms with Gasteiger partial charge in [-0.2, -0.15) is 0 Å². The van der Waals surface area contributed by atoms with Crippen molar-refractivity contribution in [2.24, 2.45) is 11.3 Å². The number of rotatable bonds is 5. The van der Waals surface area contributed by atoms with E-state index >= 15 is 0 Å². The molecule has 2 aliphatic carbocycles. The lowest BCUT2D eigenvalue weighted by Crippen LogP contribution is -2.52. The van der Waals surface area contributed by atoms with Crippen molar-refractivity contribution >= 4 is 32.3 Å². The highest BCUT2D eigenvalue weighted by molar-refractivity contribution is 6.23. The summed E-state index contributed by atoms with van der Waals surface area (Å²) in [4.78, 5) is 0. The fourth-order valence-corrected chi connectivity index (χ4v) is 8.65. The van der Waals surface area contributed by atoms with Crippen molar-refractivity contribution in [3.8, 4) is 0 Å². The zero-order valence-corrected chi connectivity index (χ0v) is 23.5. The van der Waals surface area contributed by atoms with Crippen LogP contribution in [-0.4, -0.2) is 6.54 Å². The first-order valence-electron chi connectivity index (χ1n) is 14.9. The predicted molar refractivity (Wildman–Crippen MR) is 164 cm³/mol. The Morgan fingerprint density at radius 1 is 0.842 bits per heavy atom. The molecule has 38 heavy (non-hydrogen) atoms.